The number of nitrogens with one attached hydrogen (secondary N) is 2. The van der Waals surface area contributed by atoms with E-state index in [1.807, 2.05) is 18.2 Å². The van der Waals surface area contributed by atoms with Gasteiger partial charge < -0.3 is 20.1 Å². The van der Waals surface area contributed by atoms with Crippen LogP contribution in [-0.2, 0) is 9.53 Å². The van der Waals surface area contributed by atoms with Crippen molar-refractivity contribution in [2.45, 2.75) is 31.9 Å². The molecular weight excluding hydrogens is 256 g/mol. The molecule has 108 valence electrons. The SMILES string of the molecule is CC(NCC1CCCO1)c1ccc2c(c1)NC(=O)CO2. The van der Waals surface area contributed by atoms with E-state index in [1.165, 1.54) is 0 Å². The van der Waals surface area contributed by atoms with Crippen molar-refractivity contribution in [1.82, 2.24) is 5.32 Å². The van der Waals surface area contributed by atoms with Gasteiger partial charge in [0.05, 0.1) is 11.8 Å². The van der Waals surface area contributed by atoms with Crippen LogP contribution in [0.3, 0.4) is 0 Å². The van der Waals surface area contributed by atoms with Crippen LogP contribution in [0, 0.1) is 0 Å². The largest absolute Gasteiger partial charge is 0.482 e. The van der Waals surface area contributed by atoms with Crippen LogP contribution in [0.1, 0.15) is 31.4 Å². The molecule has 0 spiro atoms. The second-order valence-electron chi connectivity index (χ2n) is 5.36. The molecule has 0 aliphatic carbocycles. The molecule has 2 aliphatic heterocycles. The number of rotatable bonds is 4. The number of carbonyl (C=O) groups is 1. The first-order valence-electron chi connectivity index (χ1n) is 7.14. The molecule has 2 aliphatic rings. The Bertz CT molecular complexity index is 498. The number of hydrogen-bond donors (Lipinski definition) is 2. The number of ether oxygens (including phenoxy) is 2. The third kappa shape index (κ3) is 2.94. The summed E-state index contributed by atoms with van der Waals surface area (Å²) < 4.78 is 11.0. The fourth-order valence-electron chi connectivity index (χ4n) is 2.60. The predicted molar refractivity (Wildman–Crippen MR) is 76.0 cm³/mol. The van der Waals surface area contributed by atoms with Crippen LogP contribution in [0.4, 0.5) is 5.69 Å². The van der Waals surface area contributed by atoms with Gasteiger partial charge in [-0.1, -0.05) is 6.07 Å². The van der Waals surface area contributed by atoms with Crippen LogP contribution in [0.25, 0.3) is 0 Å². The lowest BCUT2D eigenvalue weighted by atomic mass is 10.1. The molecule has 1 fully saturated rings. The van der Waals surface area contributed by atoms with Crippen molar-refractivity contribution in [3.8, 4) is 5.75 Å². The molecule has 0 bridgehead atoms. The number of benzene rings is 1. The van der Waals surface area contributed by atoms with Crippen molar-refractivity contribution in [3.63, 3.8) is 0 Å². The van der Waals surface area contributed by atoms with E-state index in [-0.39, 0.29) is 18.6 Å². The van der Waals surface area contributed by atoms with Gasteiger partial charge in [-0.2, -0.15) is 0 Å². The lowest BCUT2D eigenvalue weighted by Gasteiger charge is -2.21. The molecule has 0 aromatic heterocycles. The summed E-state index contributed by atoms with van der Waals surface area (Å²) in [6.45, 7) is 3.95. The Balaban J connectivity index is 1.63. The summed E-state index contributed by atoms with van der Waals surface area (Å²) in [6.07, 6.45) is 2.62. The molecule has 1 aromatic carbocycles. The number of fused-ring (bicyclic) bond motifs is 1. The topological polar surface area (TPSA) is 59.6 Å². The minimum Gasteiger partial charge on any atom is -0.482 e. The van der Waals surface area contributed by atoms with Gasteiger partial charge in [-0.15, -0.1) is 0 Å². The monoisotopic (exact) mass is 276 g/mol. The number of carbonyl (C=O) groups excluding carboxylic acids is 1. The second kappa shape index (κ2) is 5.81. The molecular formula is C15H20N2O3. The van der Waals surface area contributed by atoms with Crippen molar-refractivity contribution in [3.05, 3.63) is 23.8 Å². The Kier molecular flexibility index (Phi) is 3.89. The van der Waals surface area contributed by atoms with Gasteiger partial charge in [0.25, 0.3) is 5.91 Å². The van der Waals surface area contributed by atoms with Crippen molar-refractivity contribution in [2.24, 2.45) is 0 Å². The van der Waals surface area contributed by atoms with E-state index in [1.54, 1.807) is 0 Å². The first-order chi connectivity index (χ1) is 9.72. The highest BCUT2D eigenvalue weighted by Crippen LogP contribution is 2.30. The molecule has 2 atom stereocenters. The summed E-state index contributed by atoms with van der Waals surface area (Å²) in [5.74, 6) is 0.634. The molecule has 1 aromatic rings. The van der Waals surface area contributed by atoms with E-state index in [2.05, 4.69) is 17.6 Å². The van der Waals surface area contributed by atoms with E-state index in [4.69, 9.17) is 9.47 Å². The van der Waals surface area contributed by atoms with E-state index in [0.29, 0.717) is 6.10 Å². The summed E-state index contributed by atoms with van der Waals surface area (Å²) in [7, 11) is 0. The predicted octanol–water partition coefficient (Wildman–Crippen LogP) is 1.85. The van der Waals surface area contributed by atoms with Crippen LogP contribution in [0.15, 0.2) is 18.2 Å². The van der Waals surface area contributed by atoms with Crippen LogP contribution >= 0.6 is 0 Å². The first kappa shape index (κ1) is 13.4. The summed E-state index contributed by atoms with van der Waals surface area (Å²) in [4.78, 5) is 11.3. The molecule has 0 radical (unpaired) electrons. The molecule has 2 heterocycles. The van der Waals surface area contributed by atoms with Gasteiger partial charge in [0.2, 0.25) is 0 Å². The van der Waals surface area contributed by atoms with Crippen molar-refractivity contribution >= 4 is 11.6 Å². The molecule has 3 rings (SSSR count). The van der Waals surface area contributed by atoms with E-state index in [0.717, 1.165) is 43.0 Å². The molecule has 1 saturated heterocycles. The standard InChI is InChI=1S/C15H20N2O3/c1-10(16-8-12-3-2-6-19-12)11-4-5-14-13(7-11)17-15(18)9-20-14/h4-5,7,10,12,16H,2-3,6,8-9H2,1H3,(H,17,18). The fraction of sp³-hybridized carbons (Fsp3) is 0.533. The maximum atomic E-state index is 11.3. The Morgan fingerprint density at radius 3 is 3.20 bits per heavy atom. The lowest BCUT2D eigenvalue weighted by molar-refractivity contribution is -0.118. The van der Waals surface area contributed by atoms with Crippen LogP contribution in [-0.4, -0.2) is 31.8 Å². The van der Waals surface area contributed by atoms with Crippen LogP contribution in [0.2, 0.25) is 0 Å². The van der Waals surface area contributed by atoms with Gasteiger partial charge in [-0.3, -0.25) is 4.79 Å². The number of amides is 1. The zero-order valence-electron chi connectivity index (χ0n) is 11.6. The van der Waals surface area contributed by atoms with Crippen molar-refractivity contribution < 1.29 is 14.3 Å². The average molecular weight is 276 g/mol. The highest BCUT2D eigenvalue weighted by Gasteiger charge is 2.19. The maximum absolute atomic E-state index is 11.3. The van der Waals surface area contributed by atoms with Gasteiger partial charge in [0.15, 0.2) is 6.61 Å². The fourth-order valence-corrected chi connectivity index (χ4v) is 2.60. The highest BCUT2D eigenvalue weighted by atomic mass is 16.5. The molecule has 0 saturated carbocycles. The van der Waals surface area contributed by atoms with Gasteiger partial charge >= 0.3 is 0 Å². The maximum Gasteiger partial charge on any atom is 0.262 e. The quantitative estimate of drug-likeness (QED) is 0.881. The zero-order chi connectivity index (χ0) is 13.9. The Hall–Kier alpha value is -1.59. The third-order valence-electron chi connectivity index (χ3n) is 3.81. The van der Waals surface area contributed by atoms with Crippen molar-refractivity contribution in [2.75, 3.05) is 25.1 Å². The number of anilines is 1. The van der Waals surface area contributed by atoms with E-state index >= 15 is 0 Å². The lowest BCUT2D eigenvalue weighted by Crippen LogP contribution is -2.29. The number of hydrogen-bond acceptors (Lipinski definition) is 4. The van der Waals surface area contributed by atoms with E-state index < -0.39 is 0 Å². The Morgan fingerprint density at radius 2 is 2.40 bits per heavy atom. The van der Waals surface area contributed by atoms with Crippen LogP contribution < -0.4 is 15.4 Å². The molecule has 1 amide bonds. The average Bonchev–Trinajstić information content (AvgIpc) is 2.97. The first-order valence-corrected chi connectivity index (χ1v) is 7.14. The van der Waals surface area contributed by atoms with Gasteiger partial charge in [0, 0.05) is 19.2 Å². The molecule has 5 nitrogen and oxygen atoms in total. The zero-order valence-corrected chi connectivity index (χ0v) is 11.6. The van der Waals surface area contributed by atoms with E-state index in [9.17, 15) is 4.79 Å². The minimum atomic E-state index is -0.102. The summed E-state index contributed by atoms with van der Waals surface area (Å²) in [5, 5.41) is 6.32. The van der Waals surface area contributed by atoms with Gasteiger partial charge in [-0.25, -0.2) is 0 Å². The highest BCUT2D eigenvalue weighted by molar-refractivity contribution is 5.95. The minimum absolute atomic E-state index is 0.0964. The summed E-state index contributed by atoms with van der Waals surface area (Å²) in [5.41, 5.74) is 1.89. The molecule has 5 heteroatoms. The van der Waals surface area contributed by atoms with Gasteiger partial charge in [0.1, 0.15) is 5.75 Å². The molecule has 2 N–H and O–H groups in total. The third-order valence-corrected chi connectivity index (χ3v) is 3.81. The summed E-state index contributed by atoms with van der Waals surface area (Å²) >= 11 is 0. The molecule has 2 unspecified atom stereocenters. The normalized spacial score (nSPS) is 22.9. The van der Waals surface area contributed by atoms with Crippen LogP contribution in [0.5, 0.6) is 5.75 Å². The Morgan fingerprint density at radius 1 is 1.50 bits per heavy atom. The molecule has 20 heavy (non-hydrogen) atoms. The van der Waals surface area contributed by atoms with Crippen molar-refractivity contribution in [1.29, 1.82) is 0 Å². The van der Waals surface area contributed by atoms with Gasteiger partial charge in [-0.05, 0) is 37.5 Å². The Labute approximate surface area is 118 Å². The second-order valence-corrected chi connectivity index (χ2v) is 5.36. The smallest absolute Gasteiger partial charge is 0.262 e. The summed E-state index contributed by atoms with van der Waals surface area (Å²) in [6, 6.07) is 6.13.